The van der Waals surface area contributed by atoms with Crippen LogP contribution in [0.25, 0.3) is 0 Å². The standard InChI is InChI=1S/C11H15N5/c12-10-4-1-5-11(15-10)13-6-2-8-16-9-3-7-14-16/h1,3-5,7,9H,2,6,8H2,(H3,12,13,15). The number of anilines is 2. The number of nitrogen functional groups attached to an aromatic ring is 1. The molecule has 5 nitrogen and oxygen atoms in total. The quantitative estimate of drug-likeness (QED) is 0.742. The second kappa shape index (κ2) is 5.16. The minimum absolute atomic E-state index is 0.539. The van der Waals surface area contributed by atoms with Crippen LogP contribution in [0.15, 0.2) is 36.7 Å². The summed E-state index contributed by atoms with van der Waals surface area (Å²) in [5, 5.41) is 7.34. The second-order valence-electron chi connectivity index (χ2n) is 3.50. The lowest BCUT2D eigenvalue weighted by atomic mass is 10.4. The Kier molecular flexibility index (Phi) is 3.38. The first-order chi connectivity index (χ1) is 7.84. The summed E-state index contributed by atoms with van der Waals surface area (Å²) in [5.41, 5.74) is 5.57. The highest BCUT2D eigenvalue weighted by Gasteiger charge is 1.94. The van der Waals surface area contributed by atoms with Crippen LogP contribution in [-0.4, -0.2) is 21.3 Å². The van der Waals surface area contributed by atoms with Crippen molar-refractivity contribution in [3.05, 3.63) is 36.7 Å². The van der Waals surface area contributed by atoms with E-state index in [1.807, 2.05) is 29.1 Å². The molecule has 0 radical (unpaired) electrons. The summed E-state index contributed by atoms with van der Waals surface area (Å²) in [6.07, 6.45) is 4.74. The van der Waals surface area contributed by atoms with E-state index >= 15 is 0 Å². The summed E-state index contributed by atoms with van der Waals surface area (Å²) in [6.45, 7) is 1.76. The van der Waals surface area contributed by atoms with Crippen LogP contribution in [0, 0.1) is 0 Å². The summed E-state index contributed by atoms with van der Waals surface area (Å²) in [5.74, 6) is 1.36. The van der Waals surface area contributed by atoms with Crippen LogP contribution < -0.4 is 11.1 Å². The molecule has 0 saturated carbocycles. The SMILES string of the molecule is Nc1cccc(NCCCn2cccn2)n1. The predicted molar refractivity (Wildman–Crippen MR) is 64.0 cm³/mol. The number of aromatic nitrogens is 3. The van der Waals surface area contributed by atoms with Crippen LogP contribution in [-0.2, 0) is 6.54 Å². The van der Waals surface area contributed by atoms with Crippen molar-refractivity contribution in [2.75, 3.05) is 17.6 Å². The molecule has 5 heteroatoms. The molecule has 0 amide bonds. The molecule has 0 aromatic carbocycles. The van der Waals surface area contributed by atoms with E-state index in [1.165, 1.54) is 0 Å². The molecule has 2 heterocycles. The second-order valence-corrected chi connectivity index (χ2v) is 3.50. The Labute approximate surface area is 94.3 Å². The molecule has 0 atom stereocenters. The average Bonchev–Trinajstić information content (AvgIpc) is 2.77. The molecule has 0 spiro atoms. The number of pyridine rings is 1. The molecule has 84 valence electrons. The first-order valence-electron chi connectivity index (χ1n) is 5.28. The van der Waals surface area contributed by atoms with Crippen LogP contribution in [0.4, 0.5) is 11.6 Å². The lowest BCUT2D eigenvalue weighted by Gasteiger charge is -2.05. The van der Waals surface area contributed by atoms with E-state index in [1.54, 1.807) is 12.3 Å². The molecule has 0 unspecified atom stereocenters. The zero-order valence-corrected chi connectivity index (χ0v) is 9.00. The molecular weight excluding hydrogens is 202 g/mol. The molecule has 3 N–H and O–H groups in total. The molecule has 2 rings (SSSR count). The van der Waals surface area contributed by atoms with Gasteiger partial charge < -0.3 is 11.1 Å². The lowest BCUT2D eigenvalue weighted by Crippen LogP contribution is -2.08. The van der Waals surface area contributed by atoms with E-state index in [0.717, 1.165) is 25.3 Å². The van der Waals surface area contributed by atoms with Crippen LogP contribution in [0.3, 0.4) is 0 Å². The van der Waals surface area contributed by atoms with Gasteiger partial charge in [-0.1, -0.05) is 6.07 Å². The number of nitrogens with zero attached hydrogens (tertiary/aromatic N) is 3. The zero-order chi connectivity index (χ0) is 11.2. The largest absolute Gasteiger partial charge is 0.384 e. The molecule has 0 aliphatic carbocycles. The Morgan fingerprint density at radius 1 is 1.31 bits per heavy atom. The van der Waals surface area contributed by atoms with E-state index in [2.05, 4.69) is 15.4 Å². The maximum Gasteiger partial charge on any atom is 0.128 e. The summed E-state index contributed by atoms with van der Waals surface area (Å²) in [7, 11) is 0. The minimum Gasteiger partial charge on any atom is -0.384 e. The Balaban J connectivity index is 1.72. The molecule has 0 aliphatic rings. The van der Waals surface area contributed by atoms with Crippen molar-refractivity contribution in [3.63, 3.8) is 0 Å². The van der Waals surface area contributed by atoms with Gasteiger partial charge in [-0.3, -0.25) is 4.68 Å². The van der Waals surface area contributed by atoms with Crippen molar-refractivity contribution >= 4 is 11.6 Å². The third-order valence-electron chi connectivity index (χ3n) is 2.20. The summed E-state index contributed by atoms with van der Waals surface area (Å²) in [6, 6.07) is 7.49. The van der Waals surface area contributed by atoms with Gasteiger partial charge in [0.25, 0.3) is 0 Å². The maximum atomic E-state index is 5.57. The van der Waals surface area contributed by atoms with Gasteiger partial charge in [-0.25, -0.2) is 4.98 Å². The highest BCUT2D eigenvalue weighted by atomic mass is 15.3. The van der Waals surface area contributed by atoms with Crippen molar-refractivity contribution in [2.45, 2.75) is 13.0 Å². The fraction of sp³-hybridized carbons (Fsp3) is 0.273. The van der Waals surface area contributed by atoms with Crippen LogP contribution >= 0.6 is 0 Å². The zero-order valence-electron chi connectivity index (χ0n) is 9.00. The molecule has 0 saturated heterocycles. The van der Waals surface area contributed by atoms with Crippen molar-refractivity contribution in [1.82, 2.24) is 14.8 Å². The Hall–Kier alpha value is -2.04. The predicted octanol–water partition coefficient (Wildman–Crippen LogP) is 1.36. The fourth-order valence-electron chi connectivity index (χ4n) is 1.44. The van der Waals surface area contributed by atoms with E-state index < -0.39 is 0 Å². The third kappa shape index (κ3) is 2.98. The number of nitrogens with one attached hydrogen (secondary N) is 1. The monoisotopic (exact) mass is 217 g/mol. The molecule has 0 aliphatic heterocycles. The van der Waals surface area contributed by atoms with Gasteiger partial charge in [-0.05, 0) is 24.6 Å². The number of hydrogen-bond acceptors (Lipinski definition) is 4. The topological polar surface area (TPSA) is 68.8 Å². The Bertz CT molecular complexity index is 424. The molecule has 0 bridgehead atoms. The van der Waals surface area contributed by atoms with Crippen molar-refractivity contribution in [1.29, 1.82) is 0 Å². The normalized spacial score (nSPS) is 10.2. The molecule has 16 heavy (non-hydrogen) atoms. The number of nitrogens with two attached hydrogens (primary N) is 1. The van der Waals surface area contributed by atoms with E-state index in [9.17, 15) is 0 Å². The van der Waals surface area contributed by atoms with Gasteiger partial charge in [-0.2, -0.15) is 5.10 Å². The van der Waals surface area contributed by atoms with Gasteiger partial charge in [-0.15, -0.1) is 0 Å². The Morgan fingerprint density at radius 3 is 3.00 bits per heavy atom. The van der Waals surface area contributed by atoms with Gasteiger partial charge in [0.15, 0.2) is 0 Å². The first-order valence-corrected chi connectivity index (χ1v) is 5.28. The number of rotatable bonds is 5. The first kappa shape index (κ1) is 10.5. The molecule has 0 fully saturated rings. The summed E-state index contributed by atoms with van der Waals surface area (Å²) >= 11 is 0. The lowest BCUT2D eigenvalue weighted by molar-refractivity contribution is 0.591. The Morgan fingerprint density at radius 2 is 2.25 bits per heavy atom. The van der Waals surface area contributed by atoms with Crippen LogP contribution in [0.5, 0.6) is 0 Å². The third-order valence-corrected chi connectivity index (χ3v) is 2.20. The highest BCUT2D eigenvalue weighted by molar-refractivity contribution is 5.41. The van der Waals surface area contributed by atoms with Gasteiger partial charge in [0, 0.05) is 25.5 Å². The van der Waals surface area contributed by atoms with Gasteiger partial charge in [0.2, 0.25) is 0 Å². The van der Waals surface area contributed by atoms with Gasteiger partial charge in [0.1, 0.15) is 11.6 Å². The number of aryl methyl sites for hydroxylation is 1. The maximum absolute atomic E-state index is 5.57. The van der Waals surface area contributed by atoms with Crippen molar-refractivity contribution < 1.29 is 0 Å². The fourth-order valence-corrected chi connectivity index (χ4v) is 1.44. The van der Waals surface area contributed by atoms with Gasteiger partial charge in [0.05, 0.1) is 0 Å². The van der Waals surface area contributed by atoms with Crippen molar-refractivity contribution in [2.24, 2.45) is 0 Å². The van der Waals surface area contributed by atoms with Crippen LogP contribution in [0.2, 0.25) is 0 Å². The minimum atomic E-state index is 0.539. The highest BCUT2D eigenvalue weighted by Crippen LogP contribution is 2.05. The molecule has 2 aromatic rings. The van der Waals surface area contributed by atoms with E-state index in [0.29, 0.717) is 5.82 Å². The molecule has 2 aromatic heterocycles. The summed E-state index contributed by atoms with van der Waals surface area (Å²) in [4.78, 5) is 4.15. The van der Waals surface area contributed by atoms with Gasteiger partial charge >= 0.3 is 0 Å². The smallest absolute Gasteiger partial charge is 0.128 e. The van der Waals surface area contributed by atoms with E-state index in [4.69, 9.17) is 5.73 Å². The average molecular weight is 217 g/mol. The van der Waals surface area contributed by atoms with E-state index in [-0.39, 0.29) is 0 Å². The number of hydrogen-bond donors (Lipinski definition) is 2. The van der Waals surface area contributed by atoms with Crippen LogP contribution in [0.1, 0.15) is 6.42 Å². The summed E-state index contributed by atoms with van der Waals surface area (Å²) < 4.78 is 1.91. The van der Waals surface area contributed by atoms with Crippen molar-refractivity contribution in [3.8, 4) is 0 Å². The molecular formula is C11H15N5.